The van der Waals surface area contributed by atoms with Crippen LogP contribution in [0.25, 0.3) is 0 Å². The molecule has 0 saturated carbocycles. The first-order valence-electron chi connectivity index (χ1n) is 2.36. The van der Waals surface area contributed by atoms with Crippen molar-refractivity contribution in [1.29, 1.82) is 0 Å². The molecule has 7 heavy (non-hydrogen) atoms. The van der Waals surface area contributed by atoms with Crippen molar-refractivity contribution >= 4 is 0 Å². The molecule has 2 atom stereocenters. The molecule has 3 nitrogen and oxygen atoms in total. The zero-order valence-corrected chi connectivity index (χ0v) is 4.46. The summed E-state index contributed by atoms with van der Waals surface area (Å²) in [4.78, 5) is 4.72. The lowest BCUT2D eigenvalue weighted by Gasteiger charge is -1.99. The first-order chi connectivity index (χ1) is 3.30. The molecular formula is C4H8N2O. The minimum absolute atomic E-state index is 0.181. The highest BCUT2D eigenvalue weighted by Crippen LogP contribution is 2.10. The van der Waals surface area contributed by atoms with Crippen LogP contribution in [0.3, 0.4) is 0 Å². The molecule has 0 spiro atoms. The van der Waals surface area contributed by atoms with Crippen molar-refractivity contribution in [2.24, 2.45) is 10.4 Å². The SMILES string of the molecule is CC1N=NOC1C. The van der Waals surface area contributed by atoms with Crippen molar-refractivity contribution < 1.29 is 4.84 Å². The van der Waals surface area contributed by atoms with Crippen molar-refractivity contribution in [2.45, 2.75) is 26.0 Å². The number of rotatable bonds is 0. The summed E-state index contributed by atoms with van der Waals surface area (Å²) in [6.45, 7) is 3.92. The molecule has 0 saturated heterocycles. The molecule has 1 rings (SSSR count). The third-order valence-electron chi connectivity index (χ3n) is 1.12. The van der Waals surface area contributed by atoms with Crippen molar-refractivity contribution in [1.82, 2.24) is 0 Å². The van der Waals surface area contributed by atoms with Gasteiger partial charge < -0.3 is 4.84 Å². The van der Waals surface area contributed by atoms with Crippen LogP contribution >= 0.6 is 0 Å². The highest BCUT2D eigenvalue weighted by molar-refractivity contribution is 4.67. The Balaban J connectivity index is 2.45. The number of nitrogens with zero attached hydrogens (tertiary/aromatic N) is 2. The van der Waals surface area contributed by atoms with E-state index >= 15 is 0 Å². The Morgan fingerprint density at radius 1 is 1.43 bits per heavy atom. The molecule has 1 aliphatic heterocycles. The molecule has 0 amide bonds. The van der Waals surface area contributed by atoms with Gasteiger partial charge in [-0.25, -0.2) is 0 Å². The molecule has 2 unspecified atom stereocenters. The lowest BCUT2D eigenvalue weighted by atomic mass is 10.2. The topological polar surface area (TPSA) is 34.0 Å². The van der Waals surface area contributed by atoms with Gasteiger partial charge in [-0.15, -0.1) is 5.11 Å². The summed E-state index contributed by atoms with van der Waals surface area (Å²) in [6.07, 6.45) is 0.181. The third-order valence-corrected chi connectivity index (χ3v) is 1.12. The first-order valence-corrected chi connectivity index (χ1v) is 2.36. The van der Waals surface area contributed by atoms with Crippen molar-refractivity contribution in [3.63, 3.8) is 0 Å². The van der Waals surface area contributed by atoms with Crippen LogP contribution in [-0.4, -0.2) is 12.1 Å². The van der Waals surface area contributed by atoms with Gasteiger partial charge in [0.25, 0.3) is 0 Å². The van der Waals surface area contributed by atoms with E-state index in [4.69, 9.17) is 4.84 Å². The molecule has 0 aromatic rings. The van der Waals surface area contributed by atoms with Crippen LogP contribution in [0.5, 0.6) is 0 Å². The quantitative estimate of drug-likeness (QED) is 0.449. The predicted octanol–water partition coefficient (Wildman–Crippen LogP) is 1.16. The van der Waals surface area contributed by atoms with E-state index in [1.807, 2.05) is 13.8 Å². The average molecular weight is 100 g/mol. The Morgan fingerprint density at radius 3 is 2.29 bits per heavy atom. The minimum Gasteiger partial charge on any atom is -0.374 e. The minimum atomic E-state index is 0.181. The summed E-state index contributed by atoms with van der Waals surface area (Å²) >= 11 is 0. The Morgan fingerprint density at radius 2 is 2.14 bits per heavy atom. The molecule has 0 N–H and O–H groups in total. The fourth-order valence-corrected chi connectivity index (χ4v) is 0.358. The van der Waals surface area contributed by atoms with Gasteiger partial charge in [-0.1, -0.05) is 0 Å². The fraction of sp³-hybridized carbons (Fsp3) is 1.00. The summed E-state index contributed by atoms with van der Waals surface area (Å²) < 4.78 is 0. The molecule has 0 aromatic heterocycles. The molecule has 0 radical (unpaired) electrons. The molecule has 1 aliphatic rings. The van der Waals surface area contributed by atoms with Gasteiger partial charge in [0, 0.05) is 5.28 Å². The van der Waals surface area contributed by atoms with Crippen molar-refractivity contribution in [3.8, 4) is 0 Å². The van der Waals surface area contributed by atoms with Gasteiger partial charge in [0.15, 0.2) is 0 Å². The summed E-state index contributed by atoms with van der Waals surface area (Å²) in [5.41, 5.74) is 0. The smallest absolute Gasteiger partial charge is 0.150 e. The monoisotopic (exact) mass is 100 g/mol. The Hall–Kier alpha value is -0.600. The molecule has 0 aliphatic carbocycles. The number of hydrogen-bond donors (Lipinski definition) is 0. The van der Waals surface area contributed by atoms with Gasteiger partial charge in [-0.05, 0) is 13.8 Å². The second-order valence-corrected chi connectivity index (χ2v) is 1.75. The van der Waals surface area contributed by atoms with E-state index in [1.165, 1.54) is 0 Å². The van der Waals surface area contributed by atoms with Crippen LogP contribution in [-0.2, 0) is 4.84 Å². The van der Waals surface area contributed by atoms with Crippen molar-refractivity contribution in [2.75, 3.05) is 0 Å². The van der Waals surface area contributed by atoms with Gasteiger partial charge >= 0.3 is 0 Å². The van der Waals surface area contributed by atoms with E-state index in [2.05, 4.69) is 10.4 Å². The van der Waals surface area contributed by atoms with E-state index in [9.17, 15) is 0 Å². The Labute approximate surface area is 42.3 Å². The largest absolute Gasteiger partial charge is 0.374 e. The summed E-state index contributed by atoms with van der Waals surface area (Å²) in [5.74, 6) is 0. The normalized spacial score (nSPS) is 38.6. The zero-order chi connectivity index (χ0) is 5.28. The average Bonchev–Trinajstić information content (AvgIpc) is 1.91. The molecule has 3 heteroatoms. The second-order valence-electron chi connectivity index (χ2n) is 1.75. The molecule has 0 fully saturated rings. The van der Waals surface area contributed by atoms with E-state index < -0.39 is 0 Å². The lowest BCUT2D eigenvalue weighted by Crippen LogP contribution is -2.12. The molecule has 0 aromatic carbocycles. The van der Waals surface area contributed by atoms with Crippen molar-refractivity contribution in [3.05, 3.63) is 0 Å². The van der Waals surface area contributed by atoms with E-state index in [-0.39, 0.29) is 12.1 Å². The molecule has 0 bridgehead atoms. The van der Waals surface area contributed by atoms with Crippen LogP contribution in [0.1, 0.15) is 13.8 Å². The van der Waals surface area contributed by atoms with E-state index in [1.54, 1.807) is 0 Å². The first kappa shape index (κ1) is 4.56. The van der Waals surface area contributed by atoms with Crippen LogP contribution in [0.15, 0.2) is 10.4 Å². The molecule has 1 heterocycles. The predicted molar refractivity (Wildman–Crippen MR) is 24.9 cm³/mol. The van der Waals surface area contributed by atoms with Gasteiger partial charge in [-0.3, -0.25) is 0 Å². The Bertz CT molecular complexity index is 91.7. The summed E-state index contributed by atoms with van der Waals surface area (Å²) in [7, 11) is 0. The van der Waals surface area contributed by atoms with Crippen LogP contribution in [0, 0.1) is 0 Å². The summed E-state index contributed by atoms with van der Waals surface area (Å²) in [5, 5.41) is 7.09. The van der Waals surface area contributed by atoms with Gasteiger partial charge in [0.05, 0.1) is 0 Å². The highest BCUT2D eigenvalue weighted by Gasteiger charge is 2.16. The van der Waals surface area contributed by atoms with E-state index in [0.29, 0.717) is 0 Å². The maximum absolute atomic E-state index is 4.72. The third kappa shape index (κ3) is 0.706. The molecular weight excluding hydrogens is 92.1 g/mol. The Kier molecular flexibility index (Phi) is 0.964. The highest BCUT2D eigenvalue weighted by atomic mass is 16.7. The van der Waals surface area contributed by atoms with Gasteiger partial charge in [0.1, 0.15) is 12.1 Å². The number of hydrogen-bond acceptors (Lipinski definition) is 3. The van der Waals surface area contributed by atoms with Crippen LogP contribution in [0.2, 0.25) is 0 Å². The second kappa shape index (κ2) is 1.48. The standard InChI is InChI=1S/C4H8N2O/c1-3-4(2)7-6-5-3/h3-4H,1-2H3. The maximum atomic E-state index is 4.72. The fourth-order valence-electron chi connectivity index (χ4n) is 0.358. The zero-order valence-electron chi connectivity index (χ0n) is 4.46. The lowest BCUT2D eigenvalue weighted by molar-refractivity contribution is 0.0926. The molecule has 40 valence electrons. The maximum Gasteiger partial charge on any atom is 0.150 e. The summed E-state index contributed by atoms with van der Waals surface area (Å²) in [6, 6.07) is 0.250. The van der Waals surface area contributed by atoms with E-state index in [0.717, 1.165) is 0 Å². The van der Waals surface area contributed by atoms with Gasteiger partial charge in [-0.2, -0.15) is 0 Å². The van der Waals surface area contributed by atoms with Gasteiger partial charge in [0.2, 0.25) is 0 Å². The van der Waals surface area contributed by atoms with Crippen LogP contribution in [0.4, 0.5) is 0 Å². The van der Waals surface area contributed by atoms with Crippen LogP contribution < -0.4 is 0 Å².